The summed E-state index contributed by atoms with van der Waals surface area (Å²) in [6.45, 7) is 1.12. The highest BCUT2D eigenvalue weighted by Gasteiger charge is 2.12. The molecule has 0 fully saturated rings. The lowest BCUT2D eigenvalue weighted by molar-refractivity contribution is -0.115. The van der Waals surface area contributed by atoms with Crippen LogP contribution >= 0.6 is 0 Å². The SMILES string of the molecule is CC(=O)Nn1cc(Nc2nccc(NCc3c(F)cc(F)cc3F)n2)cn1. The molecule has 11 heteroatoms. The van der Waals surface area contributed by atoms with Crippen LogP contribution in [0.5, 0.6) is 0 Å². The summed E-state index contributed by atoms with van der Waals surface area (Å²) < 4.78 is 40.3. The molecule has 3 N–H and O–H groups in total. The molecule has 0 aliphatic heterocycles. The number of nitrogens with one attached hydrogen (secondary N) is 3. The van der Waals surface area contributed by atoms with Crippen molar-refractivity contribution in [2.45, 2.75) is 13.5 Å². The molecule has 1 aromatic carbocycles. The molecular formula is C16H14F3N7O. The van der Waals surface area contributed by atoms with Crippen molar-refractivity contribution in [1.82, 2.24) is 19.9 Å². The second-order valence-corrected chi connectivity index (χ2v) is 5.43. The predicted molar refractivity (Wildman–Crippen MR) is 91.2 cm³/mol. The minimum Gasteiger partial charge on any atom is -0.366 e. The van der Waals surface area contributed by atoms with Gasteiger partial charge in [-0.2, -0.15) is 14.9 Å². The van der Waals surface area contributed by atoms with Gasteiger partial charge >= 0.3 is 0 Å². The van der Waals surface area contributed by atoms with Crippen molar-refractivity contribution in [3.63, 3.8) is 0 Å². The smallest absolute Gasteiger partial charge is 0.236 e. The van der Waals surface area contributed by atoms with E-state index in [2.05, 4.69) is 31.1 Å². The molecule has 140 valence electrons. The van der Waals surface area contributed by atoms with E-state index in [-0.39, 0.29) is 24.0 Å². The van der Waals surface area contributed by atoms with Crippen molar-refractivity contribution in [1.29, 1.82) is 0 Å². The number of aromatic nitrogens is 4. The van der Waals surface area contributed by atoms with Crippen molar-refractivity contribution >= 4 is 23.4 Å². The lowest BCUT2D eigenvalue weighted by Gasteiger charge is -2.09. The minimum atomic E-state index is -0.988. The lowest BCUT2D eigenvalue weighted by atomic mass is 10.2. The van der Waals surface area contributed by atoms with Gasteiger partial charge in [0, 0.05) is 37.4 Å². The van der Waals surface area contributed by atoms with Gasteiger partial charge in [-0.1, -0.05) is 0 Å². The van der Waals surface area contributed by atoms with Crippen LogP contribution in [0.2, 0.25) is 0 Å². The molecule has 0 saturated carbocycles. The number of rotatable bonds is 6. The number of nitrogens with zero attached hydrogens (tertiary/aromatic N) is 4. The Morgan fingerprint density at radius 1 is 1.22 bits per heavy atom. The summed E-state index contributed by atoms with van der Waals surface area (Å²) in [6, 6.07) is 2.73. The van der Waals surface area contributed by atoms with Crippen LogP contribution in [-0.4, -0.2) is 25.8 Å². The Hall–Kier alpha value is -3.63. The van der Waals surface area contributed by atoms with Gasteiger partial charge in [-0.15, -0.1) is 0 Å². The Morgan fingerprint density at radius 2 is 1.96 bits per heavy atom. The number of benzene rings is 1. The third-order valence-electron chi connectivity index (χ3n) is 3.32. The third-order valence-corrected chi connectivity index (χ3v) is 3.32. The summed E-state index contributed by atoms with van der Waals surface area (Å²) in [4.78, 5) is 20.4. The van der Waals surface area contributed by atoms with Gasteiger partial charge in [0.05, 0.1) is 18.1 Å². The molecule has 27 heavy (non-hydrogen) atoms. The summed E-state index contributed by atoms with van der Waals surface area (Å²) in [7, 11) is 0. The molecule has 8 nitrogen and oxygen atoms in total. The largest absolute Gasteiger partial charge is 0.366 e. The molecule has 0 aliphatic rings. The second kappa shape index (κ2) is 7.72. The van der Waals surface area contributed by atoms with Crippen LogP contribution in [0.4, 0.5) is 30.6 Å². The summed E-state index contributed by atoms with van der Waals surface area (Å²) >= 11 is 0. The first-order chi connectivity index (χ1) is 12.9. The molecule has 0 spiro atoms. The Morgan fingerprint density at radius 3 is 2.67 bits per heavy atom. The van der Waals surface area contributed by atoms with Crippen LogP contribution in [0, 0.1) is 17.5 Å². The van der Waals surface area contributed by atoms with E-state index in [9.17, 15) is 18.0 Å². The maximum Gasteiger partial charge on any atom is 0.236 e. The number of hydrogen-bond donors (Lipinski definition) is 3. The van der Waals surface area contributed by atoms with Crippen LogP contribution in [0.3, 0.4) is 0 Å². The van der Waals surface area contributed by atoms with E-state index in [1.54, 1.807) is 0 Å². The average molecular weight is 377 g/mol. The molecule has 0 saturated heterocycles. The Bertz CT molecular complexity index is 953. The fourth-order valence-corrected chi connectivity index (χ4v) is 2.18. The molecule has 0 aliphatic carbocycles. The molecule has 3 aromatic rings. The van der Waals surface area contributed by atoms with Crippen LogP contribution < -0.4 is 16.1 Å². The maximum atomic E-state index is 13.7. The van der Waals surface area contributed by atoms with Gasteiger partial charge < -0.3 is 10.6 Å². The standard InChI is InChI=1S/C16H14F3N7O/c1-9(27)25-26-8-11(6-22-26)23-16-20-3-2-15(24-16)21-7-12-13(18)4-10(17)5-14(12)19/h2-6,8H,7H2,1H3,(H,25,27)(H2,20,21,23,24). The van der Waals surface area contributed by atoms with Crippen molar-refractivity contribution in [2.75, 3.05) is 16.1 Å². The predicted octanol–water partition coefficient (Wildman–Crippen LogP) is 2.54. The van der Waals surface area contributed by atoms with Crippen molar-refractivity contribution in [2.24, 2.45) is 0 Å². The minimum absolute atomic E-state index is 0.197. The second-order valence-electron chi connectivity index (χ2n) is 5.43. The average Bonchev–Trinajstić information content (AvgIpc) is 3.00. The van der Waals surface area contributed by atoms with Crippen molar-refractivity contribution in [3.8, 4) is 0 Å². The highest BCUT2D eigenvalue weighted by molar-refractivity contribution is 5.80. The number of carbonyl (C=O) groups is 1. The van der Waals surface area contributed by atoms with Crippen molar-refractivity contribution < 1.29 is 18.0 Å². The number of anilines is 3. The van der Waals surface area contributed by atoms with Gasteiger partial charge in [0.1, 0.15) is 23.3 Å². The van der Waals surface area contributed by atoms with Gasteiger partial charge in [-0.05, 0) is 6.07 Å². The quantitative estimate of drug-likeness (QED) is 0.611. The van der Waals surface area contributed by atoms with Gasteiger partial charge in [0.25, 0.3) is 0 Å². The van der Waals surface area contributed by atoms with E-state index >= 15 is 0 Å². The number of amides is 1. The van der Waals surface area contributed by atoms with Gasteiger partial charge in [-0.3, -0.25) is 4.79 Å². The molecule has 3 rings (SSSR count). The first-order valence-corrected chi connectivity index (χ1v) is 7.70. The number of hydrogen-bond acceptors (Lipinski definition) is 6. The normalized spacial score (nSPS) is 10.5. The van der Waals surface area contributed by atoms with E-state index in [0.29, 0.717) is 23.6 Å². The Kier molecular flexibility index (Phi) is 5.20. The van der Waals surface area contributed by atoms with Crippen molar-refractivity contribution in [3.05, 3.63) is 59.8 Å². The first-order valence-electron chi connectivity index (χ1n) is 7.70. The van der Waals surface area contributed by atoms with E-state index in [1.165, 1.54) is 36.4 Å². The molecule has 0 unspecified atom stereocenters. The summed E-state index contributed by atoms with van der Waals surface area (Å²) in [6.07, 6.45) is 4.39. The highest BCUT2D eigenvalue weighted by atomic mass is 19.1. The Balaban J connectivity index is 1.67. The molecule has 0 bridgehead atoms. The molecule has 2 aromatic heterocycles. The molecule has 0 atom stereocenters. The zero-order chi connectivity index (χ0) is 19.4. The van der Waals surface area contributed by atoms with Crippen LogP contribution in [0.15, 0.2) is 36.8 Å². The van der Waals surface area contributed by atoms with E-state index in [4.69, 9.17) is 0 Å². The molecule has 1 amide bonds. The molecule has 2 heterocycles. The maximum absolute atomic E-state index is 13.7. The van der Waals surface area contributed by atoms with E-state index < -0.39 is 17.5 Å². The number of halogens is 3. The highest BCUT2D eigenvalue weighted by Crippen LogP contribution is 2.17. The lowest BCUT2D eigenvalue weighted by Crippen LogP contribution is -2.19. The summed E-state index contributed by atoms with van der Waals surface area (Å²) in [5, 5.41) is 9.53. The van der Waals surface area contributed by atoms with E-state index in [1.807, 2.05) is 0 Å². The van der Waals surface area contributed by atoms with Crippen LogP contribution in [0.1, 0.15) is 12.5 Å². The summed E-state index contributed by atoms with van der Waals surface area (Å²) in [5.41, 5.74) is 2.66. The topological polar surface area (TPSA) is 96.8 Å². The van der Waals surface area contributed by atoms with Gasteiger partial charge in [0.2, 0.25) is 11.9 Å². The van der Waals surface area contributed by atoms with Gasteiger partial charge in [0.15, 0.2) is 0 Å². The Labute approximate surface area is 151 Å². The molecule has 0 radical (unpaired) electrons. The molecular weight excluding hydrogens is 363 g/mol. The fraction of sp³-hybridized carbons (Fsp3) is 0.125. The zero-order valence-corrected chi connectivity index (χ0v) is 14.0. The summed E-state index contributed by atoms with van der Waals surface area (Å²) in [5.74, 6) is -2.75. The van der Waals surface area contributed by atoms with Crippen LogP contribution in [0.25, 0.3) is 0 Å². The fourth-order valence-electron chi connectivity index (χ4n) is 2.18. The number of carbonyl (C=O) groups excluding carboxylic acids is 1. The third kappa shape index (κ3) is 4.71. The van der Waals surface area contributed by atoms with E-state index in [0.717, 1.165) is 0 Å². The van der Waals surface area contributed by atoms with Crippen LogP contribution in [-0.2, 0) is 11.3 Å². The van der Waals surface area contributed by atoms with Gasteiger partial charge in [-0.25, -0.2) is 23.6 Å². The first kappa shape index (κ1) is 18.2. The zero-order valence-electron chi connectivity index (χ0n) is 14.0. The monoisotopic (exact) mass is 377 g/mol.